The Kier molecular flexibility index (Phi) is 5.10. The smallest absolute Gasteiger partial charge is 0.265 e. The first-order valence-corrected chi connectivity index (χ1v) is 6.10. The van der Waals surface area contributed by atoms with Gasteiger partial charge in [0, 0.05) is 29.6 Å². The molecule has 0 aromatic rings. The van der Waals surface area contributed by atoms with Crippen LogP contribution >= 0.6 is 0 Å². The van der Waals surface area contributed by atoms with Gasteiger partial charge in [0.1, 0.15) is 0 Å². The van der Waals surface area contributed by atoms with Gasteiger partial charge in [0.2, 0.25) is 0 Å². The number of nitrogens with zero attached hydrogens (tertiary/aromatic N) is 1. The number of hydrogen-bond acceptors (Lipinski definition) is 2. The molecule has 19 heavy (non-hydrogen) atoms. The summed E-state index contributed by atoms with van der Waals surface area (Å²) in [4.78, 5) is 1.56. The van der Waals surface area contributed by atoms with Crippen molar-refractivity contribution >= 4 is 0 Å². The average molecular weight is 267 g/mol. The second-order valence-electron chi connectivity index (χ2n) is 4.43. The molecule has 0 aromatic carbocycles. The predicted octanol–water partition coefficient (Wildman–Crippen LogP) is 4.52. The topological polar surface area (TPSA) is 23.5 Å². The van der Waals surface area contributed by atoms with Crippen LogP contribution in [0.15, 0.2) is 60.3 Å². The zero-order valence-electron chi connectivity index (χ0n) is 11.2. The van der Waals surface area contributed by atoms with E-state index in [4.69, 9.17) is 0 Å². The third-order valence-electron chi connectivity index (χ3n) is 3.11. The van der Waals surface area contributed by atoms with E-state index in [9.17, 15) is 13.9 Å². The molecule has 1 N–H and O–H groups in total. The number of rotatable bonds is 5. The van der Waals surface area contributed by atoms with E-state index in [1.54, 1.807) is 17.2 Å². The highest BCUT2D eigenvalue weighted by molar-refractivity contribution is 5.36. The molecule has 0 fully saturated rings. The largest absolute Gasteiger partial charge is 0.512 e. The highest BCUT2D eigenvalue weighted by Crippen LogP contribution is 2.25. The van der Waals surface area contributed by atoms with Crippen LogP contribution in [0.25, 0.3) is 0 Å². The lowest BCUT2D eigenvalue weighted by molar-refractivity contribution is 0.192. The summed E-state index contributed by atoms with van der Waals surface area (Å²) in [6, 6.07) is 0. The van der Waals surface area contributed by atoms with Gasteiger partial charge >= 0.3 is 0 Å². The zero-order chi connectivity index (χ0) is 14.6. The van der Waals surface area contributed by atoms with Gasteiger partial charge in [-0.15, -0.1) is 0 Å². The Labute approximate surface area is 112 Å². The summed E-state index contributed by atoms with van der Waals surface area (Å²) in [5.41, 5.74) is 1.44. The molecule has 1 atom stereocenters. The standard InChI is InChI=1S/C15H19F2NO/c1-5-13(11(3)12(4)19)8-18-9-14(15(16)17)7-6-10(18)2/h6-9,11,15,19H,2,4-5H2,1,3H3/b13-8+. The summed E-state index contributed by atoms with van der Waals surface area (Å²) in [6.45, 7) is 11.1. The molecule has 1 rings (SSSR count). The minimum Gasteiger partial charge on any atom is -0.512 e. The normalized spacial score (nSPS) is 17.7. The Bertz CT molecular complexity index is 461. The summed E-state index contributed by atoms with van der Waals surface area (Å²) in [7, 11) is 0. The van der Waals surface area contributed by atoms with Crippen LogP contribution in [-0.2, 0) is 0 Å². The van der Waals surface area contributed by atoms with E-state index in [-0.39, 0.29) is 17.3 Å². The SMILES string of the molecule is C=C(O)C(C)/C(=C/N1C=C(C(F)F)C=CC1=C)CC. The van der Waals surface area contributed by atoms with E-state index in [0.29, 0.717) is 12.1 Å². The van der Waals surface area contributed by atoms with E-state index < -0.39 is 6.43 Å². The van der Waals surface area contributed by atoms with Crippen LogP contribution in [0.5, 0.6) is 0 Å². The van der Waals surface area contributed by atoms with E-state index >= 15 is 0 Å². The van der Waals surface area contributed by atoms with Crippen LogP contribution < -0.4 is 0 Å². The maximum atomic E-state index is 12.7. The van der Waals surface area contributed by atoms with Crippen molar-refractivity contribution in [2.75, 3.05) is 0 Å². The van der Waals surface area contributed by atoms with Crippen LogP contribution in [0.4, 0.5) is 8.78 Å². The summed E-state index contributed by atoms with van der Waals surface area (Å²) in [6.07, 6.45) is 4.15. The Hall–Kier alpha value is -1.84. The van der Waals surface area contributed by atoms with Gasteiger partial charge in [-0.3, -0.25) is 0 Å². The van der Waals surface area contributed by atoms with E-state index in [0.717, 1.165) is 5.57 Å². The first kappa shape index (κ1) is 15.2. The van der Waals surface area contributed by atoms with Crippen LogP contribution in [0.2, 0.25) is 0 Å². The molecule has 1 unspecified atom stereocenters. The molecule has 104 valence electrons. The third kappa shape index (κ3) is 3.81. The van der Waals surface area contributed by atoms with Crippen molar-refractivity contribution in [3.05, 3.63) is 60.3 Å². The monoisotopic (exact) mass is 267 g/mol. The lowest BCUT2D eigenvalue weighted by Crippen LogP contribution is -2.16. The van der Waals surface area contributed by atoms with Crippen LogP contribution in [0, 0.1) is 5.92 Å². The van der Waals surface area contributed by atoms with Crippen LogP contribution in [0.3, 0.4) is 0 Å². The summed E-state index contributed by atoms with van der Waals surface area (Å²) in [5.74, 6) is -0.156. The second kappa shape index (κ2) is 6.36. The average Bonchev–Trinajstić information content (AvgIpc) is 2.36. The summed E-state index contributed by atoms with van der Waals surface area (Å²) >= 11 is 0. The molecule has 1 aliphatic rings. The van der Waals surface area contributed by atoms with Crippen molar-refractivity contribution < 1.29 is 13.9 Å². The fourth-order valence-corrected chi connectivity index (χ4v) is 1.72. The second-order valence-corrected chi connectivity index (χ2v) is 4.43. The zero-order valence-corrected chi connectivity index (χ0v) is 11.2. The molecule has 2 nitrogen and oxygen atoms in total. The van der Waals surface area contributed by atoms with Crippen LogP contribution in [0.1, 0.15) is 20.3 Å². The number of aliphatic hydroxyl groups excluding tert-OH is 1. The highest BCUT2D eigenvalue weighted by Gasteiger charge is 2.16. The van der Waals surface area contributed by atoms with Gasteiger partial charge in [-0.05, 0) is 24.1 Å². The fraction of sp³-hybridized carbons (Fsp3) is 0.333. The predicted molar refractivity (Wildman–Crippen MR) is 73.5 cm³/mol. The molecule has 1 heterocycles. The minimum absolute atomic E-state index is 0.0596. The molecule has 0 spiro atoms. The minimum atomic E-state index is -2.52. The summed E-state index contributed by atoms with van der Waals surface area (Å²) < 4.78 is 25.4. The first-order valence-electron chi connectivity index (χ1n) is 6.10. The Morgan fingerprint density at radius 3 is 2.58 bits per heavy atom. The van der Waals surface area contributed by atoms with Crippen molar-refractivity contribution in [3.63, 3.8) is 0 Å². The van der Waals surface area contributed by atoms with Gasteiger partial charge in [0.05, 0.1) is 5.76 Å². The van der Waals surface area contributed by atoms with Crippen molar-refractivity contribution in [1.29, 1.82) is 0 Å². The molecule has 0 radical (unpaired) electrons. The molecule has 0 bridgehead atoms. The van der Waals surface area contributed by atoms with Gasteiger partial charge in [-0.25, -0.2) is 8.78 Å². The Morgan fingerprint density at radius 2 is 2.11 bits per heavy atom. The lowest BCUT2D eigenvalue weighted by atomic mass is 9.98. The number of alkyl halides is 2. The van der Waals surface area contributed by atoms with Gasteiger partial charge in [0.15, 0.2) is 0 Å². The summed E-state index contributed by atoms with van der Waals surface area (Å²) in [5, 5.41) is 9.43. The molecule has 4 heteroatoms. The maximum absolute atomic E-state index is 12.7. The van der Waals surface area contributed by atoms with Gasteiger partial charge in [-0.1, -0.05) is 27.0 Å². The molecule has 0 saturated heterocycles. The van der Waals surface area contributed by atoms with Gasteiger partial charge in [-0.2, -0.15) is 0 Å². The molecule has 0 aromatic heterocycles. The first-order chi connectivity index (χ1) is 8.86. The molecule has 1 aliphatic heterocycles. The van der Waals surface area contributed by atoms with Gasteiger partial charge < -0.3 is 10.0 Å². The molecule has 0 amide bonds. The maximum Gasteiger partial charge on any atom is 0.265 e. The molecular weight excluding hydrogens is 248 g/mol. The Balaban J connectivity index is 3.03. The molecular formula is C15H19F2NO. The lowest BCUT2D eigenvalue weighted by Gasteiger charge is -2.24. The fourth-order valence-electron chi connectivity index (χ4n) is 1.72. The molecule has 0 saturated carbocycles. The number of halogens is 2. The quantitative estimate of drug-likeness (QED) is 0.740. The Morgan fingerprint density at radius 1 is 1.47 bits per heavy atom. The van der Waals surface area contributed by atoms with E-state index in [1.165, 1.54) is 12.3 Å². The van der Waals surface area contributed by atoms with Crippen molar-refractivity contribution in [2.45, 2.75) is 26.7 Å². The van der Waals surface area contributed by atoms with E-state index in [1.807, 2.05) is 13.8 Å². The van der Waals surface area contributed by atoms with Gasteiger partial charge in [0.25, 0.3) is 6.43 Å². The van der Waals surface area contributed by atoms with Crippen molar-refractivity contribution in [3.8, 4) is 0 Å². The third-order valence-corrected chi connectivity index (χ3v) is 3.11. The van der Waals surface area contributed by atoms with Crippen molar-refractivity contribution in [2.24, 2.45) is 5.92 Å². The highest BCUT2D eigenvalue weighted by atomic mass is 19.3. The number of allylic oxidation sites excluding steroid dienone is 4. The number of hydrogen-bond donors (Lipinski definition) is 1. The van der Waals surface area contributed by atoms with Crippen LogP contribution in [-0.4, -0.2) is 16.4 Å². The van der Waals surface area contributed by atoms with E-state index in [2.05, 4.69) is 13.2 Å². The van der Waals surface area contributed by atoms with Crippen molar-refractivity contribution in [1.82, 2.24) is 4.90 Å². The number of aliphatic hydroxyl groups is 1. The molecule has 0 aliphatic carbocycles.